The highest BCUT2D eigenvalue weighted by atomic mass is 28.4. The molecule has 0 radical (unpaired) electrons. The van der Waals surface area contributed by atoms with Crippen molar-refractivity contribution in [2.24, 2.45) is 0 Å². The van der Waals surface area contributed by atoms with Gasteiger partial charge >= 0.3 is 0 Å². The van der Waals surface area contributed by atoms with Gasteiger partial charge in [0.15, 0.2) is 19.8 Å². The van der Waals surface area contributed by atoms with Crippen LogP contribution >= 0.6 is 0 Å². The molecule has 0 saturated carbocycles. The zero-order chi connectivity index (χ0) is 18.7. The summed E-state index contributed by atoms with van der Waals surface area (Å²) in [6.07, 6.45) is 1.90. The normalized spacial score (nSPS) is 18.0. The monoisotopic (exact) mass is 384 g/mol. The number of hydrogen-bond acceptors (Lipinski definition) is 6. The van der Waals surface area contributed by atoms with Crippen molar-refractivity contribution in [2.75, 3.05) is 52.9 Å². The van der Waals surface area contributed by atoms with Crippen LogP contribution in [0.15, 0.2) is 18.2 Å². The third-order valence-corrected chi connectivity index (χ3v) is 5.55. The van der Waals surface area contributed by atoms with E-state index < -0.39 is 8.32 Å². The molecule has 2 rings (SSSR count). The molecular formula is C19H32O6Si. The van der Waals surface area contributed by atoms with Gasteiger partial charge in [-0.25, -0.2) is 0 Å². The van der Waals surface area contributed by atoms with E-state index in [1.54, 1.807) is 0 Å². The second-order valence-corrected chi connectivity index (χ2v) is 11.1. The van der Waals surface area contributed by atoms with Crippen molar-refractivity contribution in [3.63, 3.8) is 0 Å². The molecule has 1 heterocycles. The number of rotatable bonds is 4. The van der Waals surface area contributed by atoms with Crippen molar-refractivity contribution in [1.82, 2.24) is 0 Å². The van der Waals surface area contributed by atoms with E-state index in [9.17, 15) is 4.80 Å². The Balaban J connectivity index is 1.94. The van der Waals surface area contributed by atoms with Crippen LogP contribution in [0.25, 0.3) is 0 Å². The minimum absolute atomic E-state index is 0.465. The van der Waals surface area contributed by atoms with Crippen LogP contribution in [0.3, 0.4) is 0 Å². The van der Waals surface area contributed by atoms with Crippen LogP contribution in [0.4, 0.5) is 0 Å². The smallest absolute Gasteiger partial charge is 0.182 e. The predicted molar refractivity (Wildman–Crippen MR) is 103 cm³/mol. The van der Waals surface area contributed by atoms with Crippen molar-refractivity contribution in [2.45, 2.75) is 32.0 Å². The standard InChI is InChI=1S/C19H32O6Si/c1-26(2,20)15-3-4-17-5-6-18-19(16-17)25-14-12-23-10-8-21-7-9-22-11-13-24-18/h5-6,16,20H,3-4,7-15H2,1-2H3. The van der Waals surface area contributed by atoms with E-state index >= 15 is 0 Å². The molecule has 0 fully saturated rings. The fraction of sp³-hybridized carbons (Fsp3) is 0.684. The highest BCUT2D eigenvalue weighted by molar-refractivity contribution is 6.69. The van der Waals surface area contributed by atoms with E-state index in [-0.39, 0.29) is 0 Å². The maximum absolute atomic E-state index is 9.99. The molecule has 1 aromatic rings. The van der Waals surface area contributed by atoms with Crippen LogP contribution in [0.2, 0.25) is 19.1 Å². The van der Waals surface area contributed by atoms with Crippen LogP contribution in [0.5, 0.6) is 11.5 Å². The molecule has 0 bridgehead atoms. The van der Waals surface area contributed by atoms with E-state index in [0.29, 0.717) is 52.9 Å². The lowest BCUT2D eigenvalue weighted by Crippen LogP contribution is -2.24. The van der Waals surface area contributed by atoms with E-state index in [4.69, 9.17) is 23.7 Å². The summed E-state index contributed by atoms with van der Waals surface area (Å²) in [4.78, 5) is 9.99. The molecule has 0 unspecified atom stereocenters. The molecule has 6 nitrogen and oxygen atoms in total. The molecule has 0 saturated heterocycles. The van der Waals surface area contributed by atoms with Gasteiger partial charge in [0, 0.05) is 0 Å². The van der Waals surface area contributed by atoms with Gasteiger partial charge in [0.2, 0.25) is 0 Å². The van der Waals surface area contributed by atoms with E-state index in [1.165, 1.54) is 5.56 Å². The Morgan fingerprint density at radius 2 is 1.35 bits per heavy atom. The minimum atomic E-state index is -1.99. The minimum Gasteiger partial charge on any atom is -0.487 e. The second kappa shape index (κ2) is 11.6. The molecule has 0 aromatic heterocycles. The predicted octanol–water partition coefficient (Wildman–Crippen LogP) is 2.64. The summed E-state index contributed by atoms with van der Waals surface area (Å²) in [5.74, 6) is 1.46. The van der Waals surface area contributed by atoms with Crippen molar-refractivity contribution in [3.8, 4) is 11.5 Å². The molecule has 7 heteroatoms. The lowest BCUT2D eigenvalue weighted by Gasteiger charge is -2.16. The Kier molecular flexibility index (Phi) is 9.42. The largest absolute Gasteiger partial charge is 0.487 e. The van der Waals surface area contributed by atoms with Gasteiger partial charge in [0.05, 0.1) is 39.6 Å². The number of fused-ring (bicyclic) bond motifs is 1. The molecule has 1 aliphatic heterocycles. The van der Waals surface area contributed by atoms with Crippen LogP contribution in [-0.2, 0) is 20.6 Å². The summed E-state index contributed by atoms with van der Waals surface area (Å²) in [5.41, 5.74) is 1.19. The maximum atomic E-state index is 9.99. The van der Waals surface area contributed by atoms with E-state index in [1.807, 2.05) is 25.2 Å². The molecular weight excluding hydrogens is 352 g/mol. The Labute approximate surface area is 157 Å². The lowest BCUT2D eigenvalue weighted by molar-refractivity contribution is 0.00708. The molecule has 148 valence electrons. The Morgan fingerprint density at radius 1 is 0.808 bits per heavy atom. The van der Waals surface area contributed by atoms with Crippen LogP contribution in [0.1, 0.15) is 12.0 Å². The van der Waals surface area contributed by atoms with Gasteiger partial charge in [0.25, 0.3) is 0 Å². The summed E-state index contributed by atoms with van der Waals surface area (Å²) in [7, 11) is -1.99. The first-order valence-corrected chi connectivity index (χ1v) is 12.5. The number of ether oxygens (including phenoxy) is 5. The molecule has 0 spiro atoms. The van der Waals surface area contributed by atoms with Crippen LogP contribution in [-0.4, -0.2) is 66.0 Å². The summed E-state index contributed by atoms with van der Waals surface area (Å²) in [6, 6.07) is 6.94. The third kappa shape index (κ3) is 9.00. The van der Waals surface area contributed by atoms with Gasteiger partial charge < -0.3 is 28.5 Å². The molecule has 0 aliphatic carbocycles. The number of hydrogen-bond donors (Lipinski definition) is 1. The van der Waals surface area contributed by atoms with E-state index in [2.05, 4.69) is 6.07 Å². The van der Waals surface area contributed by atoms with E-state index in [0.717, 1.165) is 30.4 Å². The topological polar surface area (TPSA) is 66.4 Å². The highest BCUT2D eigenvalue weighted by Gasteiger charge is 2.16. The van der Waals surface area contributed by atoms with Crippen LogP contribution in [0, 0.1) is 0 Å². The van der Waals surface area contributed by atoms with Crippen molar-refractivity contribution >= 4 is 8.32 Å². The molecule has 0 atom stereocenters. The first-order chi connectivity index (χ1) is 12.5. The van der Waals surface area contributed by atoms with Crippen molar-refractivity contribution < 1.29 is 28.5 Å². The average Bonchev–Trinajstić information content (AvgIpc) is 2.59. The fourth-order valence-corrected chi connectivity index (χ4v) is 3.67. The van der Waals surface area contributed by atoms with Gasteiger partial charge in [-0.1, -0.05) is 6.07 Å². The summed E-state index contributed by atoms with van der Waals surface area (Å²) in [6.45, 7) is 8.13. The SMILES string of the molecule is C[Si](C)(O)CCCc1ccc2c(c1)OCCOCCOCCOCCO2. The van der Waals surface area contributed by atoms with Crippen molar-refractivity contribution in [1.29, 1.82) is 0 Å². The summed E-state index contributed by atoms with van der Waals surface area (Å²) >= 11 is 0. The van der Waals surface area contributed by atoms with Gasteiger partial charge in [-0.3, -0.25) is 0 Å². The number of benzene rings is 1. The molecule has 1 aromatic carbocycles. The van der Waals surface area contributed by atoms with Gasteiger partial charge in [0.1, 0.15) is 13.2 Å². The Bertz CT molecular complexity index is 517. The zero-order valence-corrected chi connectivity index (χ0v) is 17.0. The highest BCUT2D eigenvalue weighted by Crippen LogP contribution is 2.29. The van der Waals surface area contributed by atoms with Gasteiger partial charge in [-0.15, -0.1) is 0 Å². The number of aryl methyl sites for hydroxylation is 1. The third-order valence-electron chi connectivity index (χ3n) is 3.98. The quantitative estimate of drug-likeness (QED) is 0.805. The average molecular weight is 385 g/mol. The maximum Gasteiger partial charge on any atom is 0.182 e. The summed E-state index contributed by atoms with van der Waals surface area (Å²) < 4.78 is 28.1. The molecule has 26 heavy (non-hydrogen) atoms. The summed E-state index contributed by atoms with van der Waals surface area (Å²) in [5, 5.41) is 0. The van der Waals surface area contributed by atoms with Crippen LogP contribution < -0.4 is 9.47 Å². The zero-order valence-electron chi connectivity index (χ0n) is 16.0. The molecule has 1 N–H and O–H groups in total. The Morgan fingerprint density at radius 3 is 1.92 bits per heavy atom. The molecule has 0 amide bonds. The van der Waals surface area contributed by atoms with Gasteiger partial charge in [-0.05, 0) is 49.7 Å². The first-order valence-electron chi connectivity index (χ1n) is 9.39. The van der Waals surface area contributed by atoms with Gasteiger partial charge in [-0.2, -0.15) is 0 Å². The Hall–Kier alpha value is -1.12. The lowest BCUT2D eigenvalue weighted by atomic mass is 10.1. The molecule has 1 aliphatic rings. The fourth-order valence-electron chi connectivity index (χ4n) is 2.63. The van der Waals surface area contributed by atoms with Crippen molar-refractivity contribution in [3.05, 3.63) is 23.8 Å². The first kappa shape index (κ1) is 21.2. The second-order valence-electron chi connectivity index (χ2n) is 6.98.